The van der Waals surface area contributed by atoms with Crippen LogP contribution in [0, 0.1) is 0 Å². The molecule has 2 aromatic rings. The third-order valence-corrected chi connectivity index (χ3v) is 4.02. The Kier molecular flexibility index (Phi) is 3.68. The van der Waals surface area contributed by atoms with Crippen molar-refractivity contribution in [3.8, 4) is 0 Å². The van der Waals surface area contributed by atoms with E-state index in [9.17, 15) is 0 Å². The Morgan fingerprint density at radius 2 is 1.77 bits per heavy atom. The predicted octanol–water partition coefficient (Wildman–Crippen LogP) is 1.89. The molecular formula is C16H22N6. The fourth-order valence-corrected chi connectivity index (χ4v) is 2.42. The van der Waals surface area contributed by atoms with Crippen molar-refractivity contribution in [1.82, 2.24) is 20.2 Å². The summed E-state index contributed by atoms with van der Waals surface area (Å²) in [5, 5.41) is 8.71. The summed E-state index contributed by atoms with van der Waals surface area (Å²) in [6, 6.07) is 6.37. The van der Waals surface area contributed by atoms with Crippen LogP contribution in [-0.4, -0.2) is 46.3 Å². The van der Waals surface area contributed by atoms with Gasteiger partial charge in [0.2, 0.25) is 5.95 Å². The Labute approximate surface area is 131 Å². The molecule has 1 aliphatic heterocycles. The zero-order valence-corrected chi connectivity index (χ0v) is 13.6. The number of rotatable bonds is 3. The van der Waals surface area contributed by atoms with Crippen molar-refractivity contribution >= 4 is 11.8 Å². The molecule has 1 fully saturated rings. The minimum atomic E-state index is 0.0356. The maximum absolute atomic E-state index is 4.36. The summed E-state index contributed by atoms with van der Waals surface area (Å²) in [6.45, 7) is 8.26. The van der Waals surface area contributed by atoms with E-state index in [-0.39, 0.29) is 5.41 Å². The molecule has 0 aromatic carbocycles. The van der Waals surface area contributed by atoms with E-state index in [0.29, 0.717) is 6.04 Å². The highest BCUT2D eigenvalue weighted by atomic mass is 15.4. The van der Waals surface area contributed by atoms with E-state index in [1.807, 2.05) is 13.1 Å². The molecule has 22 heavy (non-hydrogen) atoms. The Hall–Kier alpha value is -2.24. The Morgan fingerprint density at radius 1 is 1.09 bits per heavy atom. The summed E-state index contributed by atoms with van der Waals surface area (Å²) >= 11 is 0. The first-order valence-corrected chi connectivity index (χ1v) is 7.54. The summed E-state index contributed by atoms with van der Waals surface area (Å²) in [7, 11) is 2.03. The first kappa shape index (κ1) is 14.7. The minimum absolute atomic E-state index is 0.0356. The quantitative estimate of drug-likeness (QED) is 0.862. The number of likely N-dealkylation sites (N-methyl/N-ethyl adjacent to an activating group) is 1. The third kappa shape index (κ3) is 2.86. The standard InChI is InChI=1S/C16H22N6/c1-16(2,3)13-6-7-14(20-19-13)22-10-12(11-22)21(4)15-17-8-5-9-18-15/h5-9,12H,10-11H2,1-4H3. The molecule has 6 heteroatoms. The van der Waals surface area contributed by atoms with E-state index in [1.54, 1.807) is 12.4 Å². The van der Waals surface area contributed by atoms with Gasteiger partial charge in [-0.2, -0.15) is 5.10 Å². The van der Waals surface area contributed by atoms with Gasteiger partial charge in [-0.1, -0.05) is 20.8 Å². The zero-order chi connectivity index (χ0) is 15.7. The van der Waals surface area contributed by atoms with Crippen LogP contribution >= 0.6 is 0 Å². The highest BCUT2D eigenvalue weighted by Crippen LogP contribution is 2.25. The van der Waals surface area contributed by atoms with E-state index in [2.05, 4.69) is 62.9 Å². The van der Waals surface area contributed by atoms with Gasteiger partial charge in [0.15, 0.2) is 5.82 Å². The molecule has 0 unspecified atom stereocenters. The van der Waals surface area contributed by atoms with Crippen LogP contribution in [0.4, 0.5) is 11.8 Å². The summed E-state index contributed by atoms with van der Waals surface area (Å²) in [6.07, 6.45) is 3.54. The molecule has 3 rings (SSSR count). The molecular weight excluding hydrogens is 276 g/mol. The molecule has 0 amide bonds. The lowest BCUT2D eigenvalue weighted by Gasteiger charge is -2.44. The van der Waals surface area contributed by atoms with Gasteiger partial charge in [0.1, 0.15) is 0 Å². The van der Waals surface area contributed by atoms with Crippen molar-refractivity contribution in [2.75, 3.05) is 29.9 Å². The molecule has 0 spiro atoms. The molecule has 3 heterocycles. The lowest BCUT2D eigenvalue weighted by atomic mass is 9.92. The number of hydrogen-bond donors (Lipinski definition) is 0. The van der Waals surface area contributed by atoms with Crippen LogP contribution in [0.25, 0.3) is 0 Å². The van der Waals surface area contributed by atoms with E-state index in [0.717, 1.165) is 30.5 Å². The summed E-state index contributed by atoms with van der Waals surface area (Å²) < 4.78 is 0. The number of hydrogen-bond acceptors (Lipinski definition) is 6. The number of aromatic nitrogens is 4. The first-order chi connectivity index (χ1) is 10.4. The van der Waals surface area contributed by atoms with Gasteiger partial charge < -0.3 is 9.80 Å². The largest absolute Gasteiger partial charge is 0.351 e. The van der Waals surface area contributed by atoms with Gasteiger partial charge in [0.05, 0.1) is 11.7 Å². The molecule has 0 saturated carbocycles. The van der Waals surface area contributed by atoms with Crippen molar-refractivity contribution in [3.63, 3.8) is 0 Å². The van der Waals surface area contributed by atoms with Crippen LogP contribution in [0.2, 0.25) is 0 Å². The Bertz CT molecular complexity index is 613. The number of anilines is 2. The van der Waals surface area contributed by atoms with Crippen LogP contribution in [0.1, 0.15) is 26.5 Å². The normalized spacial score (nSPS) is 15.5. The second-order valence-corrected chi connectivity index (χ2v) is 6.75. The Balaban J connectivity index is 1.61. The summed E-state index contributed by atoms with van der Waals surface area (Å²) in [4.78, 5) is 12.9. The van der Waals surface area contributed by atoms with Crippen molar-refractivity contribution in [1.29, 1.82) is 0 Å². The monoisotopic (exact) mass is 298 g/mol. The lowest BCUT2D eigenvalue weighted by Crippen LogP contribution is -2.59. The van der Waals surface area contributed by atoms with E-state index < -0.39 is 0 Å². The third-order valence-electron chi connectivity index (χ3n) is 4.02. The van der Waals surface area contributed by atoms with Gasteiger partial charge in [-0.25, -0.2) is 9.97 Å². The maximum atomic E-state index is 4.36. The molecule has 1 aliphatic rings. The average molecular weight is 298 g/mol. The second kappa shape index (κ2) is 5.51. The first-order valence-electron chi connectivity index (χ1n) is 7.54. The molecule has 6 nitrogen and oxygen atoms in total. The highest BCUT2D eigenvalue weighted by Gasteiger charge is 2.32. The molecule has 0 atom stereocenters. The topological polar surface area (TPSA) is 58.0 Å². The zero-order valence-electron chi connectivity index (χ0n) is 13.6. The van der Waals surface area contributed by atoms with Gasteiger partial charge in [-0.3, -0.25) is 0 Å². The smallest absolute Gasteiger partial charge is 0.225 e. The van der Waals surface area contributed by atoms with Crippen molar-refractivity contribution in [2.45, 2.75) is 32.2 Å². The van der Waals surface area contributed by atoms with Crippen LogP contribution in [0.15, 0.2) is 30.6 Å². The second-order valence-electron chi connectivity index (χ2n) is 6.75. The summed E-state index contributed by atoms with van der Waals surface area (Å²) in [5.41, 5.74) is 1.05. The average Bonchev–Trinajstić information content (AvgIpc) is 2.46. The highest BCUT2D eigenvalue weighted by molar-refractivity contribution is 5.45. The van der Waals surface area contributed by atoms with Gasteiger partial charge in [0, 0.05) is 37.9 Å². The predicted molar refractivity (Wildman–Crippen MR) is 87.2 cm³/mol. The van der Waals surface area contributed by atoms with Crippen molar-refractivity contribution in [3.05, 3.63) is 36.3 Å². The van der Waals surface area contributed by atoms with Crippen molar-refractivity contribution in [2.24, 2.45) is 0 Å². The molecule has 1 saturated heterocycles. The molecule has 0 N–H and O–H groups in total. The number of nitrogens with zero attached hydrogens (tertiary/aromatic N) is 6. The summed E-state index contributed by atoms with van der Waals surface area (Å²) in [5.74, 6) is 1.70. The van der Waals surface area contributed by atoms with Crippen LogP contribution < -0.4 is 9.80 Å². The Morgan fingerprint density at radius 3 is 2.32 bits per heavy atom. The molecule has 0 aliphatic carbocycles. The maximum Gasteiger partial charge on any atom is 0.225 e. The fraction of sp³-hybridized carbons (Fsp3) is 0.500. The van der Waals surface area contributed by atoms with E-state index in [4.69, 9.17) is 0 Å². The molecule has 0 radical (unpaired) electrons. The van der Waals surface area contributed by atoms with Gasteiger partial charge in [-0.05, 0) is 18.2 Å². The van der Waals surface area contributed by atoms with Crippen molar-refractivity contribution < 1.29 is 0 Å². The molecule has 116 valence electrons. The SMILES string of the molecule is CN(c1ncccn1)C1CN(c2ccc(C(C)(C)C)nn2)C1. The van der Waals surface area contributed by atoms with Gasteiger partial charge >= 0.3 is 0 Å². The van der Waals surface area contributed by atoms with Gasteiger partial charge in [-0.15, -0.1) is 5.10 Å². The molecule has 2 aromatic heterocycles. The van der Waals surface area contributed by atoms with E-state index >= 15 is 0 Å². The van der Waals surface area contributed by atoms with Gasteiger partial charge in [0.25, 0.3) is 0 Å². The lowest BCUT2D eigenvalue weighted by molar-refractivity contribution is 0.482. The molecule has 0 bridgehead atoms. The van der Waals surface area contributed by atoms with Crippen LogP contribution in [0.3, 0.4) is 0 Å². The van der Waals surface area contributed by atoms with E-state index in [1.165, 1.54) is 0 Å². The van der Waals surface area contributed by atoms with Crippen LogP contribution in [-0.2, 0) is 5.41 Å². The fourth-order valence-electron chi connectivity index (χ4n) is 2.42. The minimum Gasteiger partial charge on any atom is -0.351 e. The van der Waals surface area contributed by atoms with Crippen LogP contribution in [0.5, 0.6) is 0 Å².